The average Bonchev–Trinajstić information content (AvgIpc) is 3.13. The molecule has 0 nitrogen and oxygen atoms in total. The third kappa shape index (κ3) is 4.30. The van der Waals surface area contributed by atoms with Crippen LogP contribution >= 0.6 is 0 Å². The summed E-state index contributed by atoms with van der Waals surface area (Å²) < 4.78 is 0. The highest BCUT2D eigenvalue weighted by Crippen LogP contribution is 2.48. The van der Waals surface area contributed by atoms with Crippen LogP contribution in [0.4, 0.5) is 0 Å². The van der Waals surface area contributed by atoms with Crippen LogP contribution < -0.4 is 0 Å². The Labute approximate surface area is 268 Å². The molecular weight excluding hydrogens is 553 g/mol. The molecule has 0 spiro atoms. The van der Waals surface area contributed by atoms with Crippen molar-refractivity contribution in [2.45, 2.75) is 0 Å². The van der Waals surface area contributed by atoms with E-state index in [1.54, 1.807) is 0 Å². The summed E-state index contributed by atoms with van der Waals surface area (Å²) in [6, 6.07) is 66.6. The Morgan fingerprint density at radius 1 is 0.217 bits per heavy atom. The summed E-state index contributed by atoms with van der Waals surface area (Å²) in [4.78, 5) is 0. The van der Waals surface area contributed by atoms with Gasteiger partial charge in [0, 0.05) is 0 Å². The van der Waals surface area contributed by atoms with Gasteiger partial charge in [-0.25, -0.2) is 0 Å². The molecule has 214 valence electrons. The van der Waals surface area contributed by atoms with E-state index in [1.807, 2.05) is 0 Å². The van der Waals surface area contributed by atoms with Gasteiger partial charge in [0.25, 0.3) is 0 Å². The van der Waals surface area contributed by atoms with Gasteiger partial charge in [-0.05, 0) is 99.7 Å². The molecule has 0 aromatic heterocycles. The van der Waals surface area contributed by atoms with Gasteiger partial charge in [0.2, 0.25) is 0 Å². The van der Waals surface area contributed by atoms with Gasteiger partial charge >= 0.3 is 0 Å². The standard InChI is InChI=1S/C46H30/c1-2-14-32(15-3-1)37-20-8-9-21-39(37)46-42-23-11-10-22-41(42)45(40-24-12-18-33-16-6-7-19-38(33)40)43-28-27-36(30-44(43)46)35-26-25-31-13-4-5-17-34(31)29-35/h1-30H. The van der Waals surface area contributed by atoms with E-state index in [1.165, 1.54) is 87.6 Å². The Balaban J connectivity index is 1.43. The molecule has 0 fully saturated rings. The molecule has 0 bridgehead atoms. The maximum atomic E-state index is 2.43. The number of fused-ring (bicyclic) bond motifs is 4. The molecule has 46 heavy (non-hydrogen) atoms. The first kappa shape index (κ1) is 26.4. The minimum atomic E-state index is 1.22. The fourth-order valence-corrected chi connectivity index (χ4v) is 7.32. The molecule has 0 saturated heterocycles. The van der Waals surface area contributed by atoms with Crippen molar-refractivity contribution in [3.8, 4) is 44.5 Å². The molecule has 0 aliphatic rings. The quantitative estimate of drug-likeness (QED) is 0.181. The highest BCUT2D eigenvalue weighted by molar-refractivity contribution is 6.24. The van der Waals surface area contributed by atoms with E-state index in [0.717, 1.165) is 0 Å². The molecule has 0 saturated carbocycles. The number of benzene rings is 9. The highest BCUT2D eigenvalue weighted by atomic mass is 14.2. The molecule has 0 N–H and O–H groups in total. The van der Waals surface area contributed by atoms with Gasteiger partial charge in [-0.2, -0.15) is 0 Å². The predicted molar refractivity (Wildman–Crippen MR) is 198 cm³/mol. The molecule has 9 rings (SSSR count). The van der Waals surface area contributed by atoms with Crippen LogP contribution in [0.2, 0.25) is 0 Å². The van der Waals surface area contributed by atoms with Crippen molar-refractivity contribution in [1.82, 2.24) is 0 Å². The van der Waals surface area contributed by atoms with E-state index in [4.69, 9.17) is 0 Å². The highest BCUT2D eigenvalue weighted by Gasteiger charge is 2.20. The zero-order valence-corrected chi connectivity index (χ0v) is 25.3. The summed E-state index contributed by atoms with van der Waals surface area (Å²) in [5.41, 5.74) is 9.97. The van der Waals surface area contributed by atoms with Gasteiger partial charge < -0.3 is 0 Å². The molecule has 9 aromatic rings. The van der Waals surface area contributed by atoms with Gasteiger partial charge in [-0.3, -0.25) is 0 Å². The minimum Gasteiger partial charge on any atom is -0.0622 e. The van der Waals surface area contributed by atoms with Gasteiger partial charge in [0.1, 0.15) is 0 Å². The van der Waals surface area contributed by atoms with E-state index in [2.05, 4.69) is 182 Å². The second-order valence-electron chi connectivity index (χ2n) is 12.1. The minimum absolute atomic E-state index is 1.22. The van der Waals surface area contributed by atoms with E-state index >= 15 is 0 Å². The molecule has 0 unspecified atom stereocenters. The largest absolute Gasteiger partial charge is 0.0622 e. The lowest BCUT2D eigenvalue weighted by molar-refractivity contribution is 1.60. The Morgan fingerprint density at radius 2 is 0.739 bits per heavy atom. The maximum absolute atomic E-state index is 2.43. The summed E-state index contributed by atoms with van der Waals surface area (Å²) >= 11 is 0. The van der Waals surface area contributed by atoms with Crippen LogP contribution in [0.1, 0.15) is 0 Å². The van der Waals surface area contributed by atoms with Crippen molar-refractivity contribution < 1.29 is 0 Å². The van der Waals surface area contributed by atoms with E-state index in [0.29, 0.717) is 0 Å². The molecule has 0 heteroatoms. The van der Waals surface area contributed by atoms with E-state index in [9.17, 15) is 0 Å². The monoisotopic (exact) mass is 582 g/mol. The third-order valence-electron chi connectivity index (χ3n) is 9.45. The van der Waals surface area contributed by atoms with E-state index < -0.39 is 0 Å². The Morgan fingerprint density at radius 3 is 1.54 bits per heavy atom. The van der Waals surface area contributed by atoms with Crippen LogP contribution in [0.5, 0.6) is 0 Å². The molecule has 0 aliphatic heterocycles. The third-order valence-corrected chi connectivity index (χ3v) is 9.45. The smallest absolute Gasteiger partial charge is 0.00199 e. The van der Waals surface area contributed by atoms with Crippen molar-refractivity contribution in [3.63, 3.8) is 0 Å². The Bertz CT molecular complexity index is 2570. The van der Waals surface area contributed by atoms with Crippen LogP contribution in [0.25, 0.3) is 87.6 Å². The first-order valence-corrected chi connectivity index (χ1v) is 15.9. The van der Waals surface area contributed by atoms with Crippen LogP contribution in [0.3, 0.4) is 0 Å². The topological polar surface area (TPSA) is 0 Å². The molecule has 9 aromatic carbocycles. The SMILES string of the molecule is c1ccc(-c2ccccc2-c2c3ccccc3c(-c3cccc4ccccc34)c3ccc(-c4ccc5ccccc5c4)cc23)cc1. The summed E-state index contributed by atoms with van der Waals surface area (Å²) in [5, 5.41) is 10.1. The van der Waals surface area contributed by atoms with Crippen LogP contribution in [0, 0.1) is 0 Å². The fourth-order valence-electron chi connectivity index (χ4n) is 7.32. The number of rotatable bonds is 4. The second kappa shape index (κ2) is 10.9. The normalized spacial score (nSPS) is 11.5. The van der Waals surface area contributed by atoms with Crippen molar-refractivity contribution >= 4 is 43.1 Å². The van der Waals surface area contributed by atoms with Crippen LogP contribution in [-0.2, 0) is 0 Å². The van der Waals surface area contributed by atoms with Gasteiger partial charge in [0.05, 0.1) is 0 Å². The van der Waals surface area contributed by atoms with Gasteiger partial charge in [-0.1, -0.05) is 170 Å². The van der Waals surface area contributed by atoms with Crippen molar-refractivity contribution in [2.75, 3.05) is 0 Å². The molecule has 0 radical (unpaired) electrons. The van der Waals surface area contributed by atoms with Crippen LogP contribution in [-0.4, -0.2) is 0 Å². The van der Waals surface area contributed by atoms with Crippen molar-refractivity contribution in [3.05, 3.63) is 182 Å². The summed E-state index contributed by atoms with van der Waals surface area (Å²) in [5.74, 6) is 0. The van der Waals surface area contributed by atoms with E-state index in [-0.39, 0.29) is 0 Å². The molecular formula is C46H30. The fraction of sp³-hybridized carbons (Fsp3) is 0. The second-order valence-corrected chi connectivity index (χ2v) is 12.1. The van der Waals surface area contributed by atoms with Crippen molar-refractivity contribution in [2.24, 2.45) is 0 Å². The number of hydrogen-bond acceptors (Lipinski definition) is 0. The Hall–Kier alpha value is -5.98. The Kier molecular flexibility index (Phi) is 6.25. The lowest BCUT2D eigenvalue weighted by atomic mass is 9.82. The maximum Gasteiger partial charge on any atom is -0.00199 e. The average molecular weight is 583 g/mol. The molecule has 0 amide bonds. The summed E-state index contributed by atoms with van der Waals surface area (Å²) in [6.45, 7) is 0. The zero-order chi connectivity index (χ0) is 30.5. The molecule has 0 aliphatic carbocycles. The lowest BCUT2D eigenvalue weighted by Gasteiger charge is -2.21. The van der Waals surface area contributed by atoms with Crippen LogP contribution in [0.15, 0.2) is 182 Å². The van der Waals surface area contributed by atoms with Crippen molar-refractivity contribution in [1.29, 1.82) is 0 Å². The zero-order valence-electron chi connectivity index (χ0n) is 25.3. The lowest BCUT2D eigenvalue weighted by Crippen LogP contribution is -1.94. The summed E-state index contributed by atoms with van der Waals surface area (Å²) in [6.07, 6.45) is 0. The van der Waals surface area contributed by atoms with Gasteiger partial charge in [0.15, 0.2) is 0 Å². The molecule has 0 atom stereocenters. The number of hydrogen-bond donors (Lipinski definition) is 0. The summed E-state index contributed by atoms with van der Waals surface area (Å²) in [7, 11) is 0. The first-order chi connectivity index (χ1) is 22.8. The molecule has 0 heterocycles. The predicted octanol–water partition coefficient (Wildman–Crippen LogP) is 13.0. The first-order valence-electron chi connectivity index (χ1n) is 15.9. The van der Waals surface area contributed by atoms with Gasteiger partial charge in [-0.15, -0.1) is 0 Å².